The summed E-state index contributed by atoms with van der Waals surface area (Å²) in [6, 6.07) is 3.80. The van der Waals surface area contributed by atoms with Crippen molar-refractivity contribution in [2.24, 2.45) is 0 Å². The molecule has 124 valence electrons. The summed E-state index contributed by atoms with van der Waals surface area (Å²) >= 11 is 12.4. The Hall–Kier alpha value is -1.39. The predicted molar refractivity (Wildman–Crippen MR) is 93.5 cm³/mol. The fourth-order valence-electron chi connectivity index (χ4n) is 2.93. The highest BCUT2D eigenvalue weighted by molar-refractivity contribution is 6.45. The minimum atomic E-state index is -0.478. The van der Waals surface area contributed by atoms with Crippen LogP contribution in [0.1, 0.15) is 32.0 Å². The Balaban J connectivity index is 1.85. The Kier molecular flexibility index (Phi) is 4.23. The molecule has 0 spiro atoms. The minimum absolute atomic E-state index is 0.256. The highest BCUT2D eigenvalue weighted by Crippen LogP contribution is 2.34. The Labute approximate surface area is 145 Å². The average Bonchev–Trinajstić information content (AvgIpc) is 2.66. The van der Waals surface area contributed by atoms with E-state index in [9.17, 15) is 4.79 Å². The molecule has 0 atom stereocenters. The van der Waals surface area contributed by atoms with Crippen LogP contribution < -0.4 is 0 Å². The van der Waals surface area contributed by atoms with E-state index in [-0.39, 0.29) is 6.09 Å². The smallest absolute Gasteiger partial charge is 0.410 e. The summed E-state index contributed by atoms with van der Waals surface area (Å²) in [6.45, 7) is 6.90. The second-order valence-corrected chi connectivity index (χ2v) is 7.62. The number of benzene rings is 1. The van der Waals surface area contributed by atoms with Crippen LogP contribution >= 0.6 is 23.2 Å². The number of rotatable bonds is 0. The lowest BCUT2D eigenvalue weighted by atomic mass is 10.1. The summed E-state index contributed by atoms with van der Waals surface area (Å²) in [4.78, 5) is 17.4. The van der Waals surface area contributed by atoms with Crippen LogP contribution in [0.4, 0.5) is 4.79 Å². The fourth-order valence-corrected chi connectivity index (χ4v) is 3.30. The molecule has 1 aliphatic rings. The third-order valence-corrected chi connectivity index (χ3v) is 4.78. The van der Waals surface area contributed by atoms with Crippen molar-refractivity contribution in [2.75, 3.05) is 13.1 Å². The predicted octanol–water partition coefficient (Wildman–Crippen LogP) is 4.81. The number of ether oxygens (including phenoxy) is 1. The van der Waals surface area contributed by atoms with E-state index in [1.807, 2.05) is 32.9 Å². The van der Waals surface area contributed by atoms with Gasteiger partial charge in [-0.25, -0.2) is 4.79 Å². The van der Waals surface area contributed by atoms with Crippen LogP contribution in [-0.2, 0) is 17.6 Å². The number of hydrogen-bond acceptors (Lipinski definition) is 2. The lowest BCUT2D eigenvalue weighted by Gasteiger charge is -2.26. The normalized spacial score (nSPS) is 15.4. The molecule has 2 heterocycles. The third-order valence-electron chi connectivity index (χ3n) is 3.98. The number of amides is 1. The number of aromatic nitrogens is 1. The standard InChI is InChI=1S/C17H20Cl2N2O2/c1-17(2,3)23-16(22)21-8-6-10-11-4-5-12(18)14(19)15(11)20-13(10)7-9-21/h4-5,20H,6-9H2,1-3H3. The Morgan fingerprint density at radius 1 is 1.22 bits per heavy atom. The molecule has 0 bridgehead atoms. The largest absolute Gasteiger partial charge is 0.444 e. The van der Waals surface area contributed by atoms with Gasteiger partial charge in [0.2, 0.25) is 0 Å². The second-order valence-electron chi connectivity index (χ2n) is 6.83. The molecule has 2 aromatic rings. The molecule has 0 unspecified atom stereocenters. The van der Waals surface area contributed by atoms with Gasteiger partial charge in [-0.3, -0.25) is 0 Å². The first-order valence-electron chi connectivity index (χ1n) is 7.71. The van der Waals surface area contributed by atoms with Crippen molar-refractivity contribution in [1.82, 2.24) is 9.88 Å². The molecule has 0 saturated carbocycles. The van der Waals surface area contributed by atoms with Crippen LogP contribution in [0.15, 0.2) is 12.1 Å². The van der Waals surface area contributed by atoms with E-state index in [4.69, 9.17) is 27.9 Å². The number of nitrogens with zero attached hydrogens (tertiary/aromatic N) is 1. The second kappa shape index (κ2) is 5.91. The summed E-state index contributed by atoms with van der Waals surface area (Å²) < 4.78 is 5.47. The fraction of sp³-hybridized carbons (Fsp3) is 0.471. The van der Waals surface area contributed by atoms with Crippen LogP contribution in [0.3, 0.4) is 0 Å². The van der Waals surface area contributed by atoms with Crippen molar-refractivity contribution in [3.8, 4) is 0 Å². The van der Waals surface area contributed by atoms with E-state index in [0.29, 0.717) is 23.1 Å². The van der Waals surface area contributed by atoms with Gasteiger partial charge >= 0.3 is 6.09 Å². The third kappa shape index (κ3) is 3.29. The van der Waals surface area contributed by atoms with Gasteiger partial charge in [0.1, 0.15) is 5.60 Å². The summed E-state index contributed by atoms with van der Waals surface area (Å²) in [6.07, 6.45) is 1.26. The minimum Gasteiger partial charge on any atom is -0.444 e. The van der Waals surface area contributed by atoms with Crippen molar-refractivity contribution < 1.29 is 9.53 Å². The van der Waals surface area contributed by atoms with E-state index in [0.717, 1.165) is 29.4 Å². The van der Waals surface area contributed by atoms with Gasteiger partial charge in [0, 0.05) is 30.6 Å². The molecule has 1 aliphatic heterocycles. The number of carbonyl (C=O) groups excluding carboxylic acids is 1. The first-order valence-corrected chi connectivity index (χ1v) is 8.47. The Morgan fingerprint density at radius 2 is 1.91 bits per heavy atom. The SMILES string of the molecule is CC(C)(C)OC(=O)N1CCc2[nH]c3c(Cl)c(Cl)ccc3c2CC1. The van der Waals surface area contributed by atoms with Gasteiger partial charge in [0.25, 0.3) is 0 Å². The number of fused-ring (bicyclic) bond motifs is 3. The van der Waals surface area contributed by atoms with Gasteiger partial charge in [0.05, 0.1) is 15.6 Å². The van der Waals surface area contributed by atoms with Crippen molar-refractivity contribution >= 4 is 40.2 Å². The summed E-state index contributed by atoms with van der Waals surface area (Å²) in [5.74, 6) is 0. The molecule has 3 rings (SSSR count). The number of halogens is 2. The molecular weight excluding hydrogens is 335 g/mol. The van der Waals surface area contributed by atoms with Gasteiger partial charge in [-0.1, -0.05) is 29.3 Å². The van der Waals surface area contributed by atoms with Crippen molar-refractivity contribution in [2.45, 2.75) is 39.2 Å². The molecule has 0 radical (unpaired) electrons. The molecular formula is C17H20Cl2N2O2. The molecule has 23 heavy (non-hydrogen) atoms. The van der Waals surface area contributed by atoms with E-state index in [2.05, 4.69) is 4.98 Å². The highest BCUT2D eigenvalue weighted by atomic mass is 35.5. The Bertz CT molecular complexity index is 762. The average molecular weight is 355 g/mol. The molecule has 1 amide bonds. The highest BCUT2D eigenvalue weighted by Gasteiger charge is 2.26. The molecule has 0 fully saturated rings. The van der Waals surface area contributed by atoms with E-state index in [1.165, 1.54) is 5.56 Å². The number of aromatic amines is 1. The van der Waals surface area contributed by atoms with Crippen LogP contribution in [0, 0.1) is 0 Å². The van der Waals surface area contributed by atoms with E-state index < -0.39 is 5.60 Å². The molecule has 0 aliphatic carbocycles. The van der Waals surface area contributed by atoms with Crippen molar-refractivity contribution in [3.05, 3.63) is 33.4 Å². The van der Waals surface area contributed by atoms with Gasteiger partial charge in [0.15, 0.2) is 0 Å². The number of hydrogen-bond donors (Lipinski definition) is 1. The Morgan fingerprint density at radius 3 is 2.61 bits per heavy atom. The maximum atomic E-state index is 12.3. The zero-order valence-electron chi connectivity index (χ0n) is 13.5. The first-order chi connectivity index (χ1) is 10.8. The quantitative estimate of drug-likeness (QED) is 0.737. The van der Waals surface area contributed by atoms with Crippen LogP contribution in [-0.4, -0.2) is 34.7 Å². The van der Waals surface area contributed by atoms with Crippen LogP contribution in [0.5, 0.6) is 0 Å². The molecule has 0 saturated heterocycles. The topological polar surface area (TPSA) is 45.3 Å². The van der Waals surface area contributed by atoms with Crippen molar-refractivity contribution in [3.63, 3.8) is 0 Å². The molecule has 1 aromatic carbocycles. The molecule has 4 nitrogen and oxygen atoms in total. The zero-order chi connectivity index (χ0) is 16.8. The van der Waals surface area contributed by atoms with Gasteiger partial charge in [-0.2, -0.15) is 0 Å². The monoisotopic (exact) mass is 354 g/mol. The molecule has 1 N–H and O–H groups in total. The summed E-state index contributed by atoms with van der Waals surface area (Å²) in [5, 5.41) is 2.19. The van der Waals surface area contributed by atoms with Gasteiger partial charge in [-0.05, 0) is 38.8 Å². The lowest BCUT2D eigenvalue weighted by Crippen LogP contribution is -2.38. The van der Waals surface area contributed by atoms with E-state index in [1.54, 1.807) is 4.90 Å². The van der Waals surface area contributed by atoms with Gasteiger partial charge in [-0.15, -0.1) is 0 Å². The van der Waals surface area contributed by atoms with Crippen LogP contribution in [0.2, 0.25) is 10.0 Å². The number of nitrogens with one attached hydrogen (secondary N) is 1. The zero-order valence-corrected chi connectivity index (χ0v) is 15.0. The van der Waals surface area contributed by atoms with Crippen molar-refractivity contribution in [1.29, 1.82) is 0 Å². The molecule has 1 aromatic heterocycles. The van der Waals surface area contributed by atoms with E-state index >= 15 is 0 Å². The summed E-state index contributed by atoms with van der Waals surface area (Å²) in [5.41, 5.74) is 2.74. The number of H-pyrrole nitrogens is 1. The summed E-state index contributed by atoms with van der Waals surface area (Å²) in [7, 11) is 0. The first kappa shape index (κ1) is 16.5. The lowest BCUT2D eigenvalue weighted by molar-refractivity contribution is 0.0258. The van der Waals surface area contributed by atoms with Gasteiger partial charge < -0.3 is 14.6 Å². The van der Waals surface area contributed by atoms with Crippen LogP contribution in [0.25, 0.3) is 10.9 Å². The number of carbonyl (C=O) groups is 1. The molecule has 6 heteroatoms. The maximum Gasteiger partial charge on any atom is 0.410 e. The maximum absolute atomic E-state index is 12.3.